The molecule has 2 aromatic rings. The van der Waals surface area contributed by atoms with Gasteiger partial charge in [-0.1, -0.05) is 29.3 Å². The maximum Gasteiger partial charge on any atom is 0.243 e. The van der Waals surface area contributed by atoms with Crippen LogP contribution in [0, 0.1) is 0 Å². The van der Waals surface area contributed by atoms with E-state index in [-0.39, 0.29) is 21.0 Å². The second-order valence-corrected chi connectivity index (χ2v) is 8.60. The Morgan fingerprint density at radius 3 is 2.74 bits per heavy atom. The van der Waals surface area contributed by atoms with Crippen molar-refractivity contribution in [1.29, 1.82) is 0 Å². The third-order valence-electron chi connectivity index (χ3n) is 3.74. The zero-order valence-corrected chi connectivity index (χ0v) is 15.2. The summed E-state index contributed by atoms with van der Waals surface area (Å²) in [6.45, 7) is 1.18. The van der Waals surface area contributed by atoms with Crippen LogP contribution in [0.4, 0.5) is 5.13 Å². The molecule has 0 saturated carbocycles. The molecular formula is C14H15Cl2N3O2S2. The molecule has 0 amide bonds. The van der Waals surface area contributed by atoms with E-state index in [1.165, 1.54) is 12.1 Å². The molecule has 23 heavy (non-hydrogen) atoms. The lowest BCUT2D eigenvalue weighted by molar-refractivity contribution is 0.567. The fourth-order valence-corrected chi connectivity index (χ4v) is 5.63. The highest BCUT2D eigenvalue weighted by Crippen LogP contribution is 2.30. The smallest absolute Gasteiger partial charge is 0.243 e. The van der Waals surface area contributed by atoms with Gasteiger partial charge in [0, 0.05) is 30.7 Å². The van der Waals surface area contributed by atoms with E-state index in [0.717, 1.165) is 24.5 Å². The highest BCUT2D eigenvalue weighted by Gasteiger charge is 2.29. The van der Waals surface area contributed by atoms with Crippen LogP contribution in [0.25, 0.3) is 0 Å². The average molecular weight is 392 g/mol. The molecule has 1 aliphatic heterocycles. The van der Waals surface area contributed by atoms with Crippen molar-refractivity contribution in [2.75, 3.05) is 18.0 Å². The minimum atomic E-state index is -3.76. The van der Waals surface area contributed by atoms with Crippen molar-refractivity contribution in [3.8, 4) is 0 Å². The third-order valence-corrected chi connectivity index (χ3v) is 6.93. The molecule has 1 unspecified atom stereocenters. The Balaban J connectivity index is 1.74. The average Bonchev–Trinajstić information content (AvgIpc) is 3.16. The second-order valence-electron chi connectivity index (χ2n) is 5.21. The van der Waals surface area contributed by atoms with Gasteiger partial charge in [0.2, 0.25) is 10.0 Å². The number of rotatable bonds is 5. The van der Waals surface area contributed by atoms with Gasteiger partial charge in [-0.2, -0.15) is 0 Å². The van der Waals surface area contributed by atoms with Crippen molar-refractivity contribution in [1.82, 2.24) is 9.71 Å². The maximum atomic E-state index is 12.5. The Morgan fingerprint density at radius 1 is 1.35 bits per heavy atom. The van der Waals surface area contributed by atoms with Crippen molar-refractivity contribution in [3.05, 3.63) is 39.8 Å². The van der Waals surface area contributed by atoms with Gasteiger partial charge in [0.25, 0.3) is 0 Å². The van der Waals surface area contributed by atoms with Crippen LogP contribution in [0.3, 0.4) is 0 Å². The topological polar surface area (TPSA) is 62.3 Å². The minimum absolute atomic E-state index is 0.0675. The number of nitrogens with one attached hydrogen (secondary N) is 1. The van der Waals surface area contributed by atoms with E-state index in [2.05, 4.69) is 14.6 Å². The summed E-state index contributed by atoms with van der Waals surface area (Å²) in [7, 11) is -3.76. The Hall–Kier alpha value is -0.860. The van der Waals surface area contributed by atoms with Crippen LogP contribution in [-0.4, -0.2) is 32.5 Å². The highest BCUT2D eigenvalue weighted by molar-refractivity contribution is 7.89. The molecule has 1 atom stereocenters. The third kappa shape index (κ3) is 3.64. The largest absolute Gasteiger partial charge is 0.344 e. The molecule has 1 fully saturated rings. The number of halogens is 2. The molecule has 0 aliphatic carbocycles. The molecule has 1 aromatic carbocycles. The van der Waals surface area contributed by atoms with E-state index in [9.17, 15) is 8.42 Å². The molecule has 1 N–H and O–H groups in total. The van der Waals surface area contributed by atoms with Gasteiger partial charge in [-0.15, -0.1) is 11.3 Å². The van der Waals surface area contributed by atoms with Gasteiger partial charge < -0.3 is 4.90 Å². The summed E-state index contributed by atoms with van der Waals surface area (Å²) in [6, 6.07) is 4.72. The van der Waals surface area contributed by atoms with Gasteiger partial charge >= 0.3 is 0 Å². The zero-order valence-electron chi connectivity index (χ0n) is 12.1. The van der Waals surface area contributed by atoms with Crippen LogP contribution < -0.4 is 9.62 Å². The quantitative estimate of drug-likeness (QED) is 0.847. The van der Waals surface area contributed by atoms with Crippen LogP contribution in [0.1, 0.15) is 12.8 Å². The van der Waals surface area contributed by atoms with Crippen LogP contribution in [0.2, 0.25) is 10.0 Å². The van der Waals surface area contributed by atoms with Crippen molar-refractivity contribution >= 4 is 49.7 Å². The number of nitrogens with zero attached hydrogens (tertiary/aromatic N) is 2. The molecule has 1 saturated heterocycles. The van der Waals surface area contributed by atoms with Crippen molar-refractivity contribution < 1.29 is 8.42 Å². The zero-order chi connectivity index (χ0) is 16.4. The number of thiazole rings is 1. The number of anilines is 1. The van der Waals surface area contributed by atoms with Crippen molar-refractivity contribution in [2.24, 2.45) is 0 Å². The van der Waals surface area contributed by atoms with Crippen LogP contribution >= 0.6 is 34.5 Å². The summed E-state index contributed by atoms with van der Waals surface area (Å²) in [4.78, 5) is 6.38. The second kappa shape index (κ2) is 6.94. The SMILES string of the molecule is O=S(=O)(NCC1CCCN1c1nccs1)c1c(Cl)cccc1Cl. The maximum absolute atomic E-state index is 12.5. The molecule has 2 heterocycles. The molecule has 0 radical (unpaired) electrons. The number of sulfonamides is 1. The predicted octanol–water partition coefficient (Wildman–Crippen LogP) is 3.40. The summed E-state index contributed by atoms with van der Waals surface area (Å²) in [6.07, 6.45) is 3.68. The molecule has 1 aliphatic rings. The first kappa shape index (κ1) is 17.0. The predicted molar refractivity (Wildman–Crippen MR) is 94.1 cm³/mol. The van der Waals surface area contributed by atoms with Gasteiger partial charge in [-0.3, -0.25) is 0 Å². The minimum Gasteiger partial charge on any atom is -0.344 e. The van der Waals surface area contributed by atoms with Gasteiger partial charge in [0.05, 0.1) is 10.0 Å². The molecule has 5 nitrogen and oxygen atoms in total. The summed E-state index contributed by atoms with van der Waals surface area (Å²) in [5.74, 6) is 0. The number of hydrogen-bond donors (Lipinski definition) is 1. The Bertz CT molecular complexity index is 761. The fraction of sp³-hybridized carbons (Fsp3) is 0.357. The summed E-state index contributed by atoms with van der Waals surface area (Å²) < 4.78 is 27.7. The van der Waals surface area contributed by atoms with Crippen LogP contribution in [-0.2, 0) is 10.0 Å². The van der Waals surface area contributed by atoms with Crippen LogP contribution in [0.5, 0.6) is 0 Å². The molecular weight excluding hydrogens is 377 g/mol. The van der Waals surface area contributed by atoms with Gasteiger partial charge in [0.1, 0.15) is 4.90 Å². The van der Waals surface area contributed by atoms with Crippen LogP contribution in [0.15, 0.2) is 34.7 Å². The lowest BCUT2D eigenvalue weighted by Crippen LogP contribution is -2.40. The fourth-order valence-electron chi connectivity index (χ4n) is 2.67. The van der Waals surface area contributed by atoms with Crippen molar-refractivity contribution in [2.45, 2.75) is 23.8 Å². The lowest BCUT2D eigenvalue weighted by atomic mass is 10.2. The lowest BCUT2D eigenvalue weighted by Gasteiger charge is -2.24. The molecule has 0 spiro atoms. The first-order valence-electron chi connectivity index (χ1n) is 7.09. The Labute approximate surface area is 149 Å². The van der Waals surface area contributed by atoms with Gasteiger partial charge in [0.15, 0.2) is 5.13 Å². The van der Waals surface area contributed by atoms with Crippen molar-refractivity contribution in [3.63, 3.8) is 0 Å². The van der Waals surface area contributed by atoms with Gasteiger partial charge in [-0.05, 0) is 25.0 Å². The first-order valence-corrected chi connectivity index (χ1v) is 10.2. The first-order chi connectivity index (χ1) is 11.0. The van der Waals surface area contributed by atoms with E-state index in [0.29, 0.717) is 6.54 Å². The Morgan fingerprint density at radius 2 is 2.09 bits per heavy atom. The summed E-state index contributed by atoms with van der Waals surface area (Å²) in [5, 5.41) is 3.07. The summed E-state index contributed by atoms with van der Waals surface area (Å²) >= 11 is 13.5. The number of hydrogen-bond acceptors (Lipinski definition) is 5. The van der Waals surface area contributed by atoms with E-state index >= 15 is 0 Å². The van der Waals surface area contributed by atoms with E-state index in [1.807, 2.05) is 5.38 Å². The van der Waals surface area contributed by atoms with E-state index < -0.39 is 10.0 Å². The molecule has 124 valence electrons. The van der Waals surface area contributed by atoms with E-state index in [1.54, 1.807) is 23.6 Å². The normalized spacial score (nSPS) is 18.5. The number of benzene rings is 1. The van der Waals surface area contributed by atoms with Gasteiger partial charge in [-0.25, -0.2) is 18.1 Å². The monoisotopic (exact) mass is 391 g/mol. The summed E-state index contributed by atoms with van der Waals surface area (Å²) in [5.41, 5.74) is 0. The number of aromatic nitrogens is 1. The van der Waals surface area contributed by atoms with E-state index in [4.69, 9.17) is 23.2 Å². The standard InChI is InChI=1S/C14H15Cl2N3O2S2/c15-11-4-1-5-12(16)13(11)23(20,21)18-9-10-3-2-7-19(10)14-17-6-8-22-14/h1,4-6,8,10,18H,2-3,7,9H2. The molecule has 1 aromatic heterocycles. The molecule has 9 heteroatoms. The molecule has 0 bridgehead atoms. The molecule has 3 rings (SSSR count). The highest BCUT2D eigenvalue weighted by atomic mass is 35.5. The Kier molecular flexibility index (Phi) is 5.13.